The van der Waals surface area contributed by atoms with Crippen LogP contribution in [0.5, 0.6) is 0 Å². The average Bonchev–Trinajstić information content (AvgIpc) is 3.18. The largest absolute Gasteiger partial charge is 0.144 e. The molecule has 24 heavy (non-hydrogen) atoms. The van der Waals surface area contributed by atoms with Crippen LogP contribution in [-0.2, 0) is 6.42 Å². The van der Waals surface area contributed by atoms with E-state index in [0.717, 1.165) is 6.42 Å². The van der Waals surface area contributed by atoms with Gasteiger partial charge < -0.3 is 0 Å². The van der Waals surface area contributed by atoms with Gasteiger partial charge in [0.25, 0.3) is 0 Å². The van der Waals surface area contributed by atoms with E-state index in [-0.39, 0.29) is 0 Å². The van der Waals surface area contributed by atoms with E-state index in [2.05, 4.69) is 96.4 Å². The molecular formula is C23H18S. The standard InChI is InChI=1S/C23H18S/c1-2-7-18(8-3-1)17-21-9-4-5-10-22(21)19-12-14-20(15-13-19)23-11-6-16-24-23/h1-16H,17H2. The van der Waals surface area contributed by atoms with Crippen LogP contribution < -0.4 is 0 Å². The second-order valence-electron chi connectivity index (χ2n) is 5.87. The third-order valence-corrected chi connectivity index (χ3v) is 5.18. The zero-order valence-electron chi connectivity index (χ0n) is 13.4. The Kier molecular flexibility index (Phi) is 4.26. The number of thiophene rings is 1. The molecule has 0 atom stereocenters. The van der Waals surface area contributed by atoms with Crippen LogP contribution in [0, 0.1) is 0 Å². The summed E-state index contributed by atoms with van der Waals surface area (Å²) in [5.41, 5.74) is 6.60. The highest BCUT2D eigenvalue weighted by molar-refractivity contribution is 7.13. The van der Waals surface area contributed by atoms with Gasteiger partial charge in [0, 0.05) is 4.88 Å². The van der Waals surface area contributed by atoms with Gasteiger partial charge in [-0.25, -0.2) is 0 Å². The highest BCUT2D eigenvalue weighted by Gasteiger charge is 2.06. The van der Waals surface area contributed by atoms with Crippen LogP contribution in [-0.4, -0.2) is 0 Å². The van der Waals surface area contributed by atoms with Crippen LogP contribution in [0.4, 0.5) is 0 Å². The van der Waals surface area contributed by atoms with Gasteiger partial charge >= 0.3 is 0 Å². The minimum absolute atomic E-state index is 0.962. The molecular weight excluding hydrogens is 308 g/mol. The van der Waals surface area contributed by atoms with Crippen LogP contribution in [0.2, 0.25) is 0 Å². The summed E-state index contributed by atoms with van der Waals surface area (Å²) < 4.78 is 0. The van der Waals surface area contributed by atoms with E-state index >= 15 is 0 Å². The van der Waals surface area contributed by atoms with Crippen molar-refractivity contribution in [1.82, 2.24) is 0 Å². The van der Waals surface area contributed by atoms with Crippen molar-refractivity contribution in [3.8, 4) is 21.6 Å². The first-order chi connectivity index (χ1) is 11.9. The minimum Gasteiger partial charge on any atom is -0.144 e. The summed E-state index contributed by atoms with van der Waals surface area (Å²) in [6.45, 7) is 0. The van der Waals surface area contributed by atoms with Gasteiger partial charge in [-0.05, 0) is 45.7 Å². The van der Waals surface area contributed by atoms with E-state index in [1.54, 1.807) is 11.3 Å². The predicted molar refractivity (Wildman–Crippen MR) is 104 cm³/mol. The van der Waals surface area contributed by atoms with Crippen molar-refractivity contribution in [3.05, 3.63) is 108 Å². The summed E-state index contributed by atoms with van der Waals surface area (Å²) in [6.07, 6.45) is 0.962. The van der Waals surface area contributed by atoms with Crippen LogP contribution in [0.1, 0.15) is 11.1 Å². The fraction of sp³-hybridized carbons (Fsp3) is 0.0435. The van der Waals surface area contributed by atoms with Crippen molar-refractivity contribution in [2.75, 3.05) is 0 Å². The van der Waals surface area contributed by atoms with Gasteiger partial charge in [-0.15, -0.1) is 11.3 Å². The Morgan fingerprint density at radius 1 is 0.583 bits per heavy atom. The monoisotopic (exact) mass is 326 g/mol. The number of benzene rings is 3. The van der Waals surface area contributed by atoms with Crippen LogP contribution in [0.15, 0.2) is 96.4 Å². The van der Waals surface area contributed by atoms with Crippen molar-refractivity contribution in [2.24, 2.45) is 0 Å². The Labute approximate surface area is 147 Å². The SMILES string of the molecule is c1ccc(Cc2ccccc2-c2ccc(-c3cccs3)cc2)cc1. The Morgan fingerprint density at radius 3 is 2.04 bits per heavy atom. The summed E-state index contributed by atoms with van der Waals surface area (Å²) in [4.78, 5) is 1.32. The Morgan fingerprint density at radius 2 is 1.29 bits per heavy atom. The van der Waals surface area contributed by atoms with Gasteiger partial charge in [-0.3, -0.25) is 0 Å². The summed E-state index contributed by atoms with van der Waals surface area (Å²) in [5.74, 6) is 0. The lowest BCUT2D eigenvalue weighted by molar-refractivity contribution is 1.19. The van der Waals surface area contributed by atoms with E-state index in [9.17, 15) is 0 Å². The predicted octanol–water partition coefficient (Wildman–Crippen LogP) is 6.67. The molecule has 0 radical (unpaired) electrons. The molecule has 0 saturated heterocycles. The van der Waals surface area contributed by atoms with E-state index in [0.29, 0.717) is 0 Å². The molecule has 1 heterocycles. The van der Waals surface area contributed by atoms with E-state index in [4.69, 9.17) is 0 Å². The highest BCUT2D eigenvalue weighted by Crippen LogP contribution is 2.30. The number of hydrogen-bond donors (Lipinski definition) is 0. The lowest BCUT2D eigenvalue weighted by atomic mass is 9.94. The zero-order chi connectivity index (χ0) is 16.2. The van der Waals surface area contributed by atoms with Gasteiger partial charge in [0.15, 0.2) is 0 Å². The maximum absolute atomic E-state index is 2.24. The van der Waals surface area contributed by atoms with Crippen LogP contribution in [0.3, 0.4) is 0 Å². The summed E-state index contributed by atoms with van der Waals surface area (Å²) in [7, 11) is 0. The first kappa shape index (κ1) is 14.9. The third kappa shape index (κ3) is 3.17. The molecule has 4 aromatic rings. The minimum atomic E-state index is 0.962. The normalized spacial score (nSPS) is 10.7. The fourth-order valence-corrected chi connectivity index (χ4v) is 3.76. The molecule has 0 nitrogen and oxygen atoms in total. The first-order valence-electron chi connectivity index (χ1n) is 8.16. The molecule has 4 rings (SSSR count). The molecule has 0 aliphatic rings. The van der Waals surface area contributed by atoms with Crippen molar-refractivity contribution >= 4 is 11.3 Å². The molecule has 1 heteroatoms. The van der Waals surface area contributed by atoms with Gasteiger partial charge in [0.2, 0.25) is 0 Å². The Balaban J connectivity index is 1.67. The van der Waals surface area contributed by atoms with Crippen molar-refractivity contribution in [3.63, 3.8) is 0 Å². The smallest absolute Gasteiger partial charge is 0.0342 e. The molecule has 0 N–H and O–H groups in total. The van der Waals surface area contributed by atoms with Crippen LogP contribution in [0.25, 0.3) is 21.6 Å². The van der Waals surface area contributed by atoms with E-state index in [1.807, 2.05) is 0 Å². The van der Waals surface area contributed by atoms with E-state index in [1.165, 1.54) is 32.7 Å². The van der Waals surface area contributed by atoms with Crippen molar-refractivity contribution < 1.29 is 0 Å². The summed E-state index contributed by atoms with van der Waals surface area (Å²) in [6, 6.07) is 32.5. The first-order valence-corrected chi connectivity index (χ1v) is 9.04. The quantitative estimate of drug-likeness (QED) is 0.393. The molecule has 0 bridgehead atoms. The van der Waals surface area contributed by atoms with Crippen LogP contribution >= 0.6 is 11.3 Å². The average molecular weight is 326 g/mol. The fourth-order valence-electron chi connectivity index (χ4n) is 3.03. The lowest BCUT2D eigenvalue weighted by Crippen LogP contribution is -1.92. The maximum atomic E-state index is 2.24. The maximum Gasteiger partial charge on any atom is 0.0342 e. The molecule has 0 aliphatic carbocycles. The summed E-state index contributed by atoms with van der Waals surface area (Å²) >= 11 is 1.78. The summed E-state index contributed by atoms with van der Waals surface area (Å²) in [5, 5.41) is 2.12. The van der Waals surface area contributed by atoms with Crippen molar-refractivity contribution in [1.29, 1.82) is 0 Å². The Bertz CT molecular complexity index is 904. The molecule has 0 aliphatic heterocycles. The second kappa shape index (κ2) is 6.86. The molecule has 0 fully saturated rings. The number of hydrogen-bond acceptors (Lipinski definition) is 1. The van der Waals surface area contributed by atoms with Gasteiger partial charge in [-0.1, -0.05) is 84.9 Å². The van der Waals surface area contributed by atoms with Gasteiger partial charge in [-0.2, -0.15) is 0 Å². The van der Waals surface area contributed by atoms with Gasteiger partial charge in [0.1, 0.15) is 0 Å². The highest BCUT2D eigenvalue weighted by atomic mass is 32.1. The van der Waals surface area contributed by atoms with E-state index < -0.39 is 0 Å². The molecule has 0 spiro atoms. The molecule has 0 unspecified atom stereocenters. The van der Waals surface area contributed by atoms with Crippen molar-refractivity contribution in [2.45, 2.75) is 6.42 Å². The lowest BCUT2D eigenvalue weighted by Gasteiger charge is -2.10. The molecule has 116 valence electrons. The topological polar surface area (TPSA) is 0 Å². The molecule has 1 aromatic heterocycles. The molecule has 0 saturated carbocycles. The zero-order valence-corrected chi connectivity index (χ0v) is 14.2. The molecule has 0 amide bonds. The van der Waals surface area contributed by atoms with Gasteiger partial charge in [0.05, 0.1) is 0 Å². The third-order valence-electron chi connectivity index (χ3n) is 4.26. The second-order valence-corrected chi connectivity index (χ2v) is 6.82. The number of rotatable bonds is 4. The molecule has 3 aromatic carbocycles. The Hall–Kier alpha value is -2.64.